The fourth-order valence-corrected chi connectivity index (χ4v) is 2.63. The fraction of sp³-hybridized carbons (Fsp3) is 0.909. The smallest absolute Gasteiger partial charge is 0.209 e. The monoisotopic (exact) mass is 255 g/mol. The van der Waals surface area contributed by atoms with Crippen LogP contribution in [-0.4, -0.2) is 38.0 Å². The number of aromatic nitrogens is 4. The maximum atomic E-state index is 4.12. The van der Waals surface area contributed by atoms with Crippen molar-refractivity contribution in [2.75, 3.05) is 6.54 Å². The fourth-order valence-electron chi connectivity index (χ4n) is 1.62. The van der Waals surface area contributed by atoms with Crippen molar-refractivity contribution in [1.29, 1.82) is 0 Å². The SMILES string of the molecule is CCCNC(C)C(C)Sc1nnnn1C1CC1. The molecule has 0 radical (unpaired) electrons. The van der Waals surface area contributed by atoms with E-state index in [1.165, 1.54) is 19.3 Å². The van der Waals surface area contributed by atoms with Crippen molar-refractivity contribution in [2.45, 2.75) is 62.5 Å². The van der Waals surface area contributed by atoms with Gasteiger partial charge in [-0.25, -0.2) is 4.68 Å². The molecule has 6 heteroatoms. The Kier molecular flexibility index (Phi) is 4.39. The van der Waals surface area contributed by atoms with Crippen LogP contribution >= 0.6 is 11.8 Å². The van der Waals surface area contributed by atoms with E-state index in [0.717, 1.165) is 11.7 Å². The Morgan fingerprint density at radius 2 is 2.24 bits per heavy atom. The van der Waals surface area contributed by atoms with Crippen LogP contribution in [0.2, 0.25) is 0 Å². The molecule has 0 aliphatic heterocycles. The Bertz CT molecular complexity index is 349. The summed E-state index contributed by atoms with van der Waals surface area (Å²) in [4.78, 5) is 0. The average molecular weight is 255 g/mol. The Balaban J connectivity index is 1.88. The number of hydrogen-bond donors (Lipinski definition) is 1. The van der Waals surface area contributed by atoms with Crippen LogP contribution in [0.5, 0.6) is 0 Å². The van der Waals surface area contributed by atoms with Crippen LogP contribution < -0.4 is 5.32 Å². The van der Waals surface area contributed by atoms with Crippen molar-refractivity contribution in [2.24, 2.45) is 0 Å². The maximum absolute atomic E-state index is 4.12. The van der Waals surface area contributed by atoms with Gasteiger partial charge in [0.05, 0.1) is 6.04 Å². The summed E-state index contributed by atoms with van der Waals surface area (Å²) < 4.78 is 1.98. The predicted molar refractivity (Wildman–Crippen MR) is 69.2 cm³/mol. The highest BCUT2D eigenvalue weighted by atomic mass is 32.2. The lowest BCUT2D eigenvalue weighted by Gasteiger charge is -2.19. The van der Waals surface area contributed by atoms with Gasteiger partial charge in [-0.15, -0.1) is 5.10 Å². The molecule has 0 saturated heterocycles. The molecule has 1 aliphatic carbocycles. The first-order chi connectivity index (χ1) is 8.22. The van der Waals surface area contributed by atoms with Gasteiger partial charge in [-0.2, -0.15) is 0 Å². The van der Waals surface area contributed by atoms with E-state index in [2.05, 4.69) is 41.6 Å². The molecule has 1 heterocycles. The lowest BCUT2D eigenvalue weighted by Crippen LogP contribution is -2.34. The minimum absolute atomic E-state index is 0.476. The van der Waals surface area contributed by atoms with Crippen molar-refractivity contribution in [3.8, 4) is 0 Å². The van der Waals surface area contributed by atoms with Crippen LogP contribution in [0.25, 0.3) is 0 Å². The van der Waals surface area contributed by atoms with Gasteiger partial charge in [0.1, 0.15) is 0 Å². The molecule has 1 aliphatic rings. The van der Waals surface area contributed by atoms with E-state index in [1.54, 1.807) is 11.8 Å². The molecule has 1 N–H and O–H groups in total. The second-order valence-corrected chi connectivity index (χ2v) is 6.05. The van der Waals surface area contributed by atoms with Gasteiger partial charge in [0.15, 0.2) is 0 Å². The summed E-state index contributed by atoms with van der Waals surface area (Å²) in [5, 5.41) is 16.9. The maximum Gasteiger partial charge on any atom is 0.209 e. The average Bonchev–Trinajstić information content (AvgIpc) is 3.07. The van der Waals surface area contributed by atoms with Crippen molar-refractivity contribution in [1.82, 2.24) is 25.5 Å². The van der Waals surface area contributed by atoms with Crippen LogP contribution in [-0.2, 0) is 0 Å². The second-order valence-electron chi connectivity index (χ2n) is 4.70. The lowest BCUT2D eigenvalue weighted by atomic mass is 10.2. The topological polar surface area (TPSA) is 55.6 Å². The minimum atomic E-state index is 0.476. The van der Waals surface area contributed by atoms with Crippen LogP contribution in [0.15, 0.2) is 5.16 Å². The first-order valence-electron chi connectivity index (χ1n) is 6.40. The van der Waals surface area contributed by atoms with Crippen LogP contribution in [0.1, 0.15) is 46.1 Å². The third-order valence-corrected chi connectivity index (χ3v) is 4.33. The molecule has 2 unspecified atom stereocenters. The predicted octanol–water partition coefficient (Wildman–Crippen LogP) is 1.88. The van der Waals surface area contributed by atoms with Crippen molar-refractivity contribution < 1.29 is 0 Å². The molecular weight excluding hydrogens is 234 g/mol. The lowest BCUT2D eigenvalue weighted by molar-refractivity contribution is 0.535. The number of hydrogen-bond acceptors (Lipinski definition) is 5. The molecule has 1 saturated carbocycles. The van der Waals surface area contributed by atoms with E-state index in [0.29, 0.717) is 17.3 Å². The first-order valence-corrected chi connectivity index (χ1v) is 7.28. The van der Waals surface area contributed by atoms with Crippen molar-refractivity contribution in [3.63, 3.8) is 0 Å². The summed E-state index contributed by atoms with van der Waals surface area (Å²) in [5.41, 5.74) is 0. The van der Waals surface area contributed by atoms with Crippen LogP contribution in [0.4, 0.5) is 0 Å². The van der Waals surface area contributed by atoms with Gasteiger partial charge < -0.3 is 5.32 Å². The summed E-state index contributed by atoms with van der Waals surface area (Å²) in [6.07, 6.45) is 3.61. The number of nitrogens with zero attached hydrogens (tertiary/aromatic N) is 4. The van der Waals surface area contributed by atoms with Gasteiger partial charge in [0.25, 0.3) is 0 Å². The van der Waals surface area contributed by atoms with E-state index in [9.17, 15) is 0 Å². The molecule has 0 bridgehead atoms. The summed E-state index contributed by atoms with van der Waals surface area (Å²) in [6, 6.07) is 1.03. The largest absolute Gasteiger partial charge is 0.313 e. The minimum Gasteiger partial charge on any atom is -0.313 e. The summed E-state index contributed by atoms with van der Waals surface area (Å²) in [7, 11) is 0. The number of nitrogens with one attached hydrogen (secondary N) is 1. The molecule has 96 valence electrons. The highest BCUT2D eigenvalue weighted by molar-refractivity contribution is 7.99. The van der Waals surface area contributed by atoms with Crippen LogP contribution in [0.3, 0.4) is 0 Å². The molecular formula is C11H21N5S. The Labute approximate surface area is 107 Å². The molecule has 2 rings (SSSR count). The summed E-state index contributed by atoms with van der Waals surface area (Å²) in [6.45, 7) is 7.70. The second kappa shape index (κ2) is 5.82. The third-order valence-electron chi connectivity index (χ3n) is 3.07. The highest BCUT2D eigenvalue weighted by Gasteiger charge is 2.29. The normalized spacial score (nSPS) is 19.2. The quantitative estimate of drug-likeness (QED) is 0.754. The Morgan fingerprint density at radius 1 is 1.47 bits per heavy atom. The molecule has 5 nitrogen and oxygen atoms in total. The molecule has 0 spiro atoms. The highest BCUT2D eigenvalue weighted by Crippen LogP contribution is 2.37. The molecule has 1 aromatic heterocycles. The molecule has 0 aromatic carbocycles. The number of rotatable bonds is 7. The van der Waals surface area contributed by atoms with Gasteiger partial charge in [0, 0.05) is 11.3 Å². The number of thioether (sulfide) groups is 1. The van der Waals surface area contributed by atoms with Crippen molar-refractivity contribution in [3.05, 3.63) is 0 Å². The van der Waals surface area contributed by atoms with Gasteiger partial charge in [0.2, 0.25) is 5.16 Å². The first kappa shape index (κ1) is 12.8. The molecule has 0 amide bonds. The molecule has 17 heavy (non-hydrogen) atoms. The molecule has 2 atom stereocenters. The van der Waals surface area contributed by atoms with Gasteiger partial charge >= 0.3 is 0 Å². The van der Waals surface area contributed by atoms with Gasteiger partial charge in [-0.05, 0) is 43.2 Å². The van der Waals surface area contributed by atoms with Crippen molar-refractivity contribution >= 4 is 11.8 Å². The standard InChI is InChI=1S/C11H21N5S/c1-4-7-12-8(2)9(3)17-11-13-14-15-16(11)10-5-6-10/h8-10,12H,4-7H2,1-3H3. The van der Waals surface area contributed by atoms with Crippen LogP contribution in [0, 0.1) is 0 Å². The Hall–Kier alpha value is -0.620. The van der Waals surface area contributed by atoms with E-state index in [-0.39, 0.29) is 0 Å². The molecule has 1 aromatic rings. The zero-order chi connectivity index (χ0) is 12.3. The zero-order valence-electron chi connectivity index (χ0n) is 10.8. The van der Waals surface area contributed by atoms with E-state index >= 15 is 0 Å². The van der Waals surface area contributed by atoms with Gasteiger partial charge in [-0.3, -0.25) is 0 Å². The number of tetrazole rings is 1. The summed E-state index contributed by atoms with van der Waals surface area (Å²) >= 11 is 1.77. The van der Waals surface area contributed by atoms with E-state index in [4.69, 9.17) is 0 Å². The summed E-state index contributed by atoms with van der Waals surface area (Å²) in [5.74, 6) is 0. The zero-order valence-corrected chi connectivity index (χ0v) is 11.6. The Morgan fingerprint density at radius 3 is 2.88 bits per heavy atom. The van der Waals surface area contributed by atoms with Gasteiger partial charge in [-0.1, -0.05) is 25.6 Å². The molecule has 1 fully saturated rings. The third kappa shape index (κ3) is 3.42. The van der Waals surface area contributed by atoms with E-state index < -0.39 is 0 Å². The van der Waals surface area contributed by atoms with E-state index in [1.807, 2.05) is 4.68 Å².